The Labute approximate surface area is 190 Å². The van der Waals surface area contributed by atoms with Crippen LogP contribution in [0.5, 0.6) is 0 Å². The first-order valence-corrected chi connectivity index (χ1v) is 11.4. The molecule has 0 aromatic heterocycles. The van der Waals surface area contributed by atoms with E-state index >= 15 is 0 Å². The first-order chi connectivity index (χ1) is 15.3. The van der Waals surface area contributed by atoms with E-state index in [1.807, 2.05) is 29.2 Å². The van der Waals surface area contributed by atoms with Gasteiger partial charge in [0, 0.05) is 49.5 Å². The van der Waals surface area contributed by atoms with Gasteiger partial charge in [-0.2, -0.15) is 4.99 Å². The topological polar surface area (TPSA) is 56.2 Å². The van der Waals surface area contributed by atoms with Crippen molar-refractivity contribution < 1.29 is 9.59 Å². The summed E-state index contributed by atoms with van der Waals surface area (Å²) in [5.74, 6) is 0.363. The second-order valence-electron chi connectivity index (χ2n) is 9.16. The number of aryl methyl sites for hydroxylation is 1. The highest BCUT2D eigenvalue weighted by Crippen LogP contribution is 2.25. The monoisotopic (exact) mass is 432 g/mol. The molecule has 2 aromatic rings. The van der Waals surface area contributed by atoms with Crippen LogP contribution in [-0.4, -0.2) is 66.7 Å². The average Bonchev–Trinajstić information content (AvgIpc) is 2.78. The van der Waals surface area contributed by atoms with Crippen molar-refractivity contribution in [1.29, 1.82) is 0 Å². The van der Waals surface area contributed by atoms with Gasteiger partial charge in [-0.25, -0.2) is 4.79 Å². The van der Waals surface area contributed by atoms with E-state index in [9.17, 15) is 9.59 Å². The third kappa shape index (κ3) is 4.40. The molecule has 4 rings (SSSR count). The molecule has 32 heavy (non-hydrogen) atoms. The lowest BCUT2D eigenvalue weighted by atomic mass is 9.96. The summed E-state index contributed by atoms with van der Waals surface area (Å²) in [6, 6.07) is 13.6. The number of rotatable bonds is 3. The Morgan fingerprint density at radius 2 is 1.66 bits per heavy atom. The van der Waals surface area contributed by atoms with Gasteiger partial charge in [-0.15, -0.1) is 0 Å². The predicted octanol–water partition coefficient (Wildman–Crippen LogP) is 4.15. The van der Waals surface area contributed by atoms with Crippen molar-refractivity contribution in [3.63, 3.8) is 0 Å². The Morgan fingerprint density at radius 3 is 2.34 bits per heavy atom. The second kappa shape index (κ2) is 9.15. The summed E-state index contributed by atoms with van der Waals surface area (Å²) in [6.45, 7) is 12.3. The van der Waals surface area contributed by atoms with Crippen LogP contribution >= 0.6 is 0 Å². The van der Waals surface area contributed by atoms with Gasteiger partial charge in [0.15, 0.2) is 0 Å². The fourth-order valence-corrected chi connectivity index (χ4v) is 4.52. The summed E-state index contributed by atoms with van der Waals surface area (Å²) in [4.78, 5) is 36.4. The predicted molar refractivity (Wildman–Crippen MR) is 129 cm³/mol. The maximum Gasteiger partial charge on any atom is 0.343 e. The minimum absolute atomic E-state index is 0.0165. The Hall–Kier alpha value is -3.15. The van der Waals surface area contributed by atoms with Crippen LogP contribution in [0.2, 0.25) is 0 Å². The standard InChI is InChI=1S/C26H32N4O2/c1-18(2)16-30-17-23(21-9-5-6-10-22(21)25(30)31)27-26(32)29-14-12-28(13-15-29)24-11-7-8-19(3)20(24)4/h5-11,18H,12-17H2,1-4H3. The van der Waals surface area contributed by atoms with Crippen LogP contribution in [0.25, 0.3) is 0 Å². The molecule has 2 aromatic carbocycles. The highest BCUT2D eigenvalue weighted by Gasteiger charge is 2.30. The van der Waals surface area contributed by atoms with Gasteiger partial charge in [-0.1, -0.05) is 44.2 Å². The number of benzene rings is 2. The lowest BCUT2D eigenvalue weighted by molar-refractivity contribution is 0.0755. The molecular weight excluding hydrogens is 400 g/mol. The van der Waals surface area contributed by atoms with Gasteiger partial charge in [0.1, 0.15) is 0 Å². The fourth-order valence-electron chi connectivity index (χ4n) is 4.52. The van der Waals surface area contributed by atoms with Crippen LogP contribution in [0.1, 0.15) is 40.9 Å². The highest BCUT2D eigenvalue weighted by molar-refractivity contribution is 6.18. The number of carbonyl (C=O) groups excluding carboxylic acids is 2. The van der Waals surface area contributed by atoms with Crippen LogP contribution in [0.3, 0.4) is 0 Å². The maximum absolute atomic E-state index is 13.1. The van der Waals surface area contributed by atoms with E-state index in [1.54, 1.807) is 4.90 Å². The van der Waals surface area contributed by atoms with Crippen LogP contribution < -0.4 is 4.90 Å². The van der Waals surface area contributed by atoms with E-state index in [0.717, 1.165) is 18.7 Å². The number of fused-ring (bicyclic) bond motifs is 1. The molecule has 2 heterocycles. The lowest BCUT2D eigenvalue weighted by Crippen LogP contribution is -2.49. The Balaban J connectivity index is 1.50. The number of piperazine rings is 1. The smallest absolute Gasteiger partial charge is 0.343 e. The van der Waals surface area contributed by atoms with Crippen molar-refractivity contribution in [3.8, 4) is 0 Å². The number of hydrogen-bond acceptors (Lipinski definition) is 3. The number of nitrogens with zero attached hydrogens (tertiary/aromatic N) is 4. The zero-order chi connectivity index (χ0) is 22.8. The van der Waals surface area contributed by atoms with Crippen molar-refractivity contribution in [2.45, 2.75) is 27.7 Å². The molecule has 0 N–H and O–H groups in total. The van der Waals surface area contributed by atoms with Crippen LogP contribution in [-0.2, 0) is 0 Å². The molecule has 6 heteroatoms. The molecular formula is C26H32N4O2. The average molecular weight is 433 g/mol. The molecule has 0 spiro atoms. The molecule has 0 saturated carbocycles. The van der Waals surface area contributed by atoms with Crippen molar-refractivity contribution in [2.24, 2.45) is 10.9 Å². The fraction of sp³-hybridized carbons (Fsp3) is 0.423. The number of urea groups is 1. The van der Waals surface area contributed by atoms with Gasteiger partial charge in [0.05, 0.1) is 12.3 Å². The first-order valence-electron chi connectivity index (χ1n) is 11.4. The van der Waals surface area contributed by atoms with E-state index in [4.69, 9.17) is 0 Å². The second-order valence-corrected chi connectivity index (χ2v) is 9.16. The van der Waals surface area contributed by atoms with Crippen LogP contribution in [0.4, 0.5) is 10.5 Å². The van der Waals surface area contributed by atoms with Gasteiger partial charge < -0.3 is 14.7 Å². The number of hydrogen-bond donors (Lipinski definition) is 0. The normalized spacial score (nSPS) is 17.8. The Kier molecular flexibility index (Phi) is 6.31. The molecule has 2 aliphatic rings. The molecule has 0 aliphatic carbocycles. The first kappa shape index (κ1) is 22.1. The SMILES string of the molecule is Cc1cccc(N2CCN(C(=O)N=C3CN(CC(C)C)C(=O)c4ccccc43)CC2)c1C. The van der Waals surface area contributed by atoms with Crippen LogP contribution in [0, 0.1) is 19.8 Å². The summed E-state index contributed by atoms with van der Waals surface area (Å²) in [5, 5.41) is 0. The number of aliphatic imine (C=N–C) groups is 1. The third-order valence-electron chi connectivity index (χ3n) is 6.38. The minimum Gasteiger partial charge on any atom is -0.368 e. The van der Waals surface area contributed by atoms with Crippen LogP contribution in [0.15, 0.2) is 47.5 Å². The van der Waals surface area contributed by atoms with Crippen molar-refractivity contribution >= 4 is 23.3 Å². The quantitative estimate of drug-likeness (QED) is 0.732. The van der Waals surface area contributed by atoms with Crippen molar-refractivity contribution in [3.05, 3.63) is 64.7 Å². The number of amides is 3. The van der Waals surface area contributed by atoms with E-state index < -0.39 is 0 Å². The van der Waals surface area contributed by atoms with E-state index in [-0.39, 0.29) is 11.9 Å². The van der Waals surface area contributed by atoms with Crippen molar-refractivity contribution in [1.82, 2.24) is 9.80 Å². The summed E-state index contributed by atoms with van der Waals surface area (Å²) < 4.78 is 0. The molecule has 0 bridgehead atoms. The largest absolute Gasteiger partial charge is 0.368 e. The van der Waals surface area contributed by atoms with E-state index in [1.165, 1.54) is 16.8 Å². The molecule has 0 unspecified atom stereocenters. The third-order valence-corrected chi connectivity index (χ3v) is 6.38. The molecule has 1 fully saturated rings. The van der Waals surface area contributed by atoms with Gasteiger partial charge in [-0.3, -0.25) is 4.79 Å². The molecule has 0 atom stereocenters. The molecule has 168 valence electrons. The molecule has 1 saturated heterocycles. The van der Waals surface area contributed by atoms with Gasteiger partial charge in [-0.05, 0) is 43.0 Å². The molecule has 3 amide bonds. The summed E-state index contributed by atoms with van der Waals surface area (Å²) >= 11 is 0. The molecule has 6 nitrogen and oxygen atoms in total. The molecule has 2 aliphatic heterocycles. The van der Waals surface area contributed by atoms with Gasteiger partial charge >= 0.3 is 6.03 Å². The van der Waals surface area contributed by atoms with Gasteiger partial charge in [0.2, 0.25) is 0 Å². The zero-order valence-electron chi connectivity index (χ0n) is 19.5. The lowest BCUT2D eigenvalue weighted by Gasteiger charge is -2.36. The van der Waals surface area contributed by atoms with Gasteiger partial charge in [0.25, 0.3) is 5.91 Å². The van der Waals surface area contributed by atoms with E-state index in [0.29, 0.717) is 43.4 Å². The molecule has 0 radical (unpaired) electrons. The summed E-state index contributed by atoms with van der Waals surface area (Å²) in [5.41, 5.74) is 5.91. The Morgan fingerprint density at radius 1 is 0.969 bits per heavy atom. The number of carbonyl (C=O) groups is 2. The number of anilines is 1. The minimum atomic E-state index is -0.214. The summed E-state index contributed by atoms with van der Waals surface area (Å²) in [7, 11) is 0. The Bertz CT molecular complexity index is 1050. The zero-order valence-corrected chi connectivity index (χ0v) is 19.5. The maximum atomic E-state index is 13.1. The van der Waals surface area contributed by atoms with Crippen molar-refractivity contribution in [2.75, 3.05) is 44.2 Å². The summed E-state index contributed by atoms with van der Waals surface area (Å²) in [6.07, 6.45) is 0. The highest BCUT2D eigenvalue weighted by atomic mass is 16.2. The van der Waals surface area contributed by atoms with E-state index in [2.05, 4.69) is 55.8 Å².